The van der Waals surface area contributed by atoms with E-state index in [1.807, 2.05) is 13.8 Å². The van der Waals surface area contributed by atoms with Gasteiger partial charge in [-0.2, -0.15) is 0 Å². The van der Waals surface area contributed by atoms with Crippen LogP contribution in [0.2, 0.25) is 0 Å². The number of aryl methyl sites for hydroxylation is 1. The van der Waals surface area contributed by atoms with Crippen molar-refractivity contribution in [2.75, 3.05) is 0 Å². The molecule has 2 rings (SSSR count). The Morgan fingerprint density at radius 2 is 1.70 bits per heavy atom. The third-order valence-electron chi connectivity index (χ3n) is 8.08. The number of esters is 1. The van der Waals surface area contributed by atoms with Gasteiger partial charge in [0, 0.05) is 11.4 Å². The highest BCUT2D eigenvalue weighted by Gasteiger charge is 2.37. The Labute approximate surface area is 257 Å². The maximum absolute atomic E-state index is 12.5. The van der Waals surface area contributed by atoms with Crippen LogP contribution in [0.15, 0.2) is 46.0 Å². The lowest BCUT2D eigenvalue weighted by atomic mass is 9.86. The van der Waals surface area contributed by atoms with Crippen molar-refractivity contribution in [2.45, 2.75) is 124 Å². The standard InChI is InChI=1S/C32H49NO8P2/c1-22(2)11-8-12-23(3)13-9-14-24(4)15-10-19-32(7)20-18-27-21-28(25(5)26(6)31(27)41-32)40-29(34)16-17-30(42(36)37)43(38,39)33-35/h11,13,15,21,30,42H,8-10,12,14,16-20H2,1-7H3,(H,36,37)(H,38,39)/b23-13+,24-15+. The zero-order valence-electron chi connectivity index (χ0n) is 26.7. The minimum absolute atomic E-state index is 0.317. The molecule has 1 aromatic carbocycles. The fraction of sp³-hybridized carbons (Fsp3) is 0.594. The van der Waals surface area contributed by atoms with Gasteiger partial charge >= 0.3 is 13.5 Å². The van der Waals surface area contributed by atoms with E-state index in [0.717, 1.165) is 73.8 Å². The van der Waals surface area contributed by atoms with E-state index in [4.69, 9.17) is 9.47 Å². The molecule has 1 heterocycles. The molecule has 1 aliphatic heterocycles. The molecule has 0 radical (unpaired) electrons. The molecule has 0 amide bonds. The molecule has 1 aliphatic rings. The SMILES string of the molecule is CC(C)=CCC/C(C)=C/CC/C(C)=C/CCC1(C)CCc2cc(OC(=O)CCC([PH](=O)O)P(=O)(O)N=O)c(C)c(C)c2O1. The van der Waals surface area contributed by atoms with E-state index < -0.39 is 39.8 Å². The predicted molar refractivity (Wildman–Crippen MR) is 173 cm³/mol. The quantitative estimate of drug-likeness (QED) is 0.0602. The molecule has 0 spiro atoms. The Morgan fingerprint density at radius 3 is 2.28 bits per heavy atom. The molecule has 4 atom stereocenters. The van der Waals surface area contributed by atoms with Gasteiger partial charge in [-0.1, -0.05) is 34.9 Å². The summed E-state index contributed by atoms with van der Waals surface area (Å²) in [6.07, 6.45) is 13.8. The summed E-state index contributed by atoms with van der Waals surface area (Å²) >= 11 is 0. The summed E-state index contributed by atoms with van der Waals surface area (Å²) in [5, 5.41) is -1.78. The van der Waals surface area contributed by atoms with Crippen LogP contribution in [-0.2, 0) is 20.3 Å². The fourth-order valence-electron chi connectivity index (χ4n) is 5.12. The minimum Gasteiger partial charge on any atom is -0.487 e. The van der Waals surface area contributed by atoms with Crippen LogP contribution in [0.25, 0.3) is 0 Å². The van der Waals surface area contributed by atoms with Crippen molar-refractivity contribution in [1.29, 1.82) is 0 Å². The maximum Gasteiger partial charge on any atom is 0.362 e. The van der Waals surface area contributed by atoms with E-state index in [0.29, 0.717) is 5.75 Å². The van der Waals surface area contributed by atoms with Gasteiger partial charge in [-0.3, -0.25) is 13.9 Å². The number of carbonyl (C=O) groups is 1. The Bertz CT molecular complexity index is 1330. The molecule has 0 aliphatic carbocycles. The molecule has 0 saturated carbocycles. The van der Waals surface area contributed by atoms with Crippen molar-refractivity contribution < 1.29 is 33.2 Å². The molecule has 9 nitrogen and oxygen atoms in total. The van der Waals surface area contributed by atoms with Gasteiger partial charge in [-0.05, 0) is 129 Å². The summed E-state index contributed by atoms with van der Waals surface area (Å²) in [6.45, 7) is 14.5. The van der Waals surface area contributed by atoms with E-state index in [9.17, 15) is 28.6 Å². The van der Waals surface area contributed by atoms with Crippen LogP contribution in [0.4, 0.5) is 0 Å². The third kappa shape index (κ3) is 11.6. The zero-order valence-corrected chi connectivity index (χ0v) is 28.6. The average Bonchev–Trinajstić information content (AvgIpc) is 2.91. The normalized spacial score (nSPS) is 19.8. The Morgan fingerprint density at radius 1 is 1.09 bits per heavy atom. The number of carbonyl (C=O) groups excluding carboxylic acids is 1. The van der Waals surface area contributed by atoms with Crippen LogP contribution >= 0.6 is 15.5 Å². The summed E-state index contributed by atoms with van der Waals surface area (Å²) in [7, 11) is -8.29. The van der Waals surface area contributed by atoms with Crippen LogP contribution in [0.1, 0.15) is 109 Å². The van der Waals surface area contributed by atoms with Crippen molar-refractivity contribution in [3.05, 3.63) is 62.6 Å². The van der Waals surface area contributed by atoms with E-state index in [1.165, 1.54) is 16.7 Å². The summed E-state index contributed by atoms with van der Waals surface area (Å²) in [5.74, 6) is 0.416. The molecule has 4 unspecified atom stereocenters. The number of ether oxygens (including phenoxy) is 2. The van der Waals surface area contributed by atoms with Crippen molar-refractivity contribution in [3.8, 4) is 11.5 Å². The van der Waals surface area contributed by atoms with Gasteiger partial charge < -0.3 is 19.3 Å². The number of fused-ring (bicyclic) bond motifs is 1. The third-order valence-corrected chi connectivity index (χ3v) is 11.9. The molecule has 1 aromatic rings. The number of benzene rings is 1. The Kier molecular flexibility index (Phi) is 14.3. The van der Waals surface area contributed by atoms with Crippen LogP contribution in [0.5, 0.6) is 11.5 Å². The van der Waals surface area contributed by atoms with Crippen molar-refractivity contribution in [3.63, 3.8) is 0 Å². The highest BCUT2D eigenvalue weighted by Crippen LogP contribution is 2.58. The smallest absolute Gasteiger partial charge is 0.362 e. The molecule has 240 valence electrons. The van der Waals surface area contributed by atoms with Crippen LogP contribution in [0.3, 0.4) is 0 Å². The first-order valence-corrected chi connectivity index (χ1v) is 18.1. The lowest BCUT2D eigenvalue weighted by Crippen LogP contribution is -2.36. The summed E-state index contributed by atoms with van der Waals surface area (Å²) in [6, 6.07) is 1.78. The number of hydrogen-bond acceptors (Lipinski definition) is 6. The van der Waals surface area contributed by atoms with Crippen LogP contribution < -0.4 is 9.47 Å². The average molecular weight is 638 g/mol. The summed E-state index contributed by atoms with van der Waals surface area (Å²) < 4.78 is 35.3. The topological polar surface area (TPSA) is 140 Å². The van der Waals surface area contributed by atoms with Gasteiger partial charge in [0.1, 0.15) is 22.5 Å². The second kappa shape index (κ2) is 16.7. The van der Waals surface area contributed by atoms with Gasteiger partial charge in [-0.25, -0.2) is 0 Å². The number of nitrogens with zero attached hydrogens (tertiary/aromatic N) is 1. The monoisotopic (exact) mass is 637 g/mol. The summed E-state index contributed by atoms with van der Waals surface area (Å²) in [5.41, 5.74) is 6.40. The molecule has 2 N–H and O–H groups in total. The lowest BCUT2D eigenvalue weighted by molar-refractivity contribution is -0.134. The molecule has 0 fully saturated rings. The van der Waals surface area contributed by atoms with Crippen LogP contribution in [0, 0.1) is 18.8 Å². The Hall–Kier alpha value is -2.31. The molecule has 43 heavy (non-hydrogen) atoms. The van der Waals surface area contributed by atoms with E-state index in [1.54, 1.807) is 6.07 Å². The number of allylic oxidation sites excluding steroid dienone is 6. The van der Waals surface area contributed by atoms with Crippen molar-refractivity contribution in [2.24, 2.45) is 4.95 Å². The Balaban J connectivity index is 1.97. The van der Waals surface area contributed by atoms with Gasteiger partial charge in [0.15, 0.2) is 0 Å². The van der Waals surface area contributed by atoms with Gasteiger partial charge in [0.25, 0.3) is 0 Å². The highest BCUT2D eigenvalue weighted by molar-refractivity contribution is 7.68. The second-order valence-corrected chi connectivity index (χ2v) is 16.0. The predicted octanol–water partition coefficient (Wildman–Crippen LogP) is 9.02. The van der Waals surface area contributed by atoms with Gasteiger partial charge in [0.2, 0.25) is 8.03 Å². The van der Waals surface area contributed by atoms with E-state index >= 15 is 0 Å². The molecular weight excluding hydrogens is 588 g/mol. The van der Waals surface area contributed by atoms with E-state index in [2.05, 4.69) is 57.8 Å². The van der Waals surface area contributed by atoms with Crippen molar-refractivity contribution >= 4 is 21.5 Å². The molecular formula is C32H49NO8P2. The lowest BCUT2D eigenvalue weighted by Gasteiger charge is -2.37. The number of nitroso groups, excluding NO2 is 1. The zero-order chi connectivity index (χ0) is 32.4. The molecule has 0 saturated heterocycles. The fourth-order valence-corrected chi connectivity index (χ4v) is 7.38. The highest BCUT2D eigenvalue weighted by atomic mass is 31.2. The minimum atomic E-state index is -4.73. The number of rotatable bonds is 16. The van der Waals surface area contributed by atoms with E-state index in [-0.39, 0.29) is 5.60 Å². The first kappa shape index (κ1) is 36.9. The maximum atomic E-state index is 12.5. The van der Waals surface area contributed by atoms with Crippen molar-refractivity contribution in [1.82, 2.24) is 0 Å². The molecule has 11 heteroatoms. The first-order chi connectivity index (χ1) is 20.1. The largest absolute Gasteiger partial charge is 0.487 e. The first-order valence-electron chi connectivity index (χ1n) is 15.0. The van der Waals surface area contributed by atoms with Gasteiger partial charge in [-0.15, -0.1) is 4.91 Å². The van der Waals surface area contributed by atoms with Gasteiger partial charge in [0.05, 0.1) is 0 Å². The molecule has 0 bridgehead atoms. The molecule has 0 aromatic heterocycles. The second-order valence-electron chi connectivity index (χ2n) is 12.2. The van der Waals surface area contributed by atoms with Crippen LogP contribution in [-0.4, -0.2) is 26.8 Å². The summed E-state index contributed by atoms with van der Waals surface area (Å²) in [4.78, 5) is 44.1. The number of hydrogen-bond donors (Lipinski definition) is 2.